The Morgan fingerprint density at radius 3 is 2.64 bits per heavy atom. The quantitative estimate of drug-likeness (QED) is 0.669. The van der Waals surface area contributed by atoms with Crippen LogP contribution in [-0.2, 0) is 0 Å². The molecule has 132 valence electrons. The number of nitrogens with zero attached hydrogens (tertiary/aromatic N) is 4. The minimum absolute atomic E-state index is 0.0574. The molecule has 0 radical (unpaired) electrons. The number of aromatic nitrogens is 2. The van der Waals surface area contributed by atoms with E-state index in [1.807, 2.05) is 36.9 Å². The Bertz CT molecular complexity index is 785. The molecule has 1 N–H and O–H groups in total. The average Bonchev–Trinajstić information content (AvgIpc) is 2.58. The maximum absolute atomic E-state index is 11.8. The number of benzene rings is 1. The van der Waals surface area contributed by atoms with Crippen molar-refractivity contribution < 1.29 is 4.92 Å². The number of nitrogens with one attached hydrogen (secondary N) is 1. The average molecular weight is 341 g/mol. The van der Waals surface area contributed by atoms with E-state index < -0.39 is 0 Å². The second-order valence-corrected chi connectivity index (χ2v) is 6.76. The van der Waals surface area contributed by atoms with Crippen molar-refractivity contribution in [3.05, 3.63) is 45.8 Å². The summed E-state index contributed by atoms with van der Waals surface area (Å²) in [4.78, 5) is 21.7. The van der Waals surface area contributed by atoms with Crippen LogP contribution in [0.2, 0.25) is 0 Å². The normalized spacial score (nSPS) is 15.2. The highest BCUT2D eigenvalue weighted by molar-refractivity contribution is 5.75. The van der Waals surface area contributed by atoms with Crippen molar-refractivity contribution in [1.82, 2.24) is 9.97 Å². The molecule has 1 aliphatic rings. The molecule has 0 unspecified atom stereocenters. The predicted octanol–water partition coefficient (Wildman–Crippen LogP) is 3.98. The minimum atomic E-state index is -0.388. The van der Waals surface area contributed by atoms with Crippen molar-refractivity contribution in [2.75, 3.05) is 23.3 Å². The summed E-state index contributed by atoms with van der Waals surface area (Å²) in [7, 11) is 0. The van der Waals surface area contributed by atoms with Gasteiger partial charge in [-0.2, -0.15) is 0 Å². The topological polar surface area (TPSA) is 84.2 Å². The maximum Gasteiger partial charge on any atom is 0.353 e. The van der Waals surface area contributed by atoms with Crippen LogP contribution < -0.4 is 10.2 Å². The van der Waals surface area contributed by atoms with Gasteiger partial charge >= 0.3 is 5.69 Å². The SMILES string of the molecule is Cc1ccc(C)c(Nc2ncnc(N3CCC(C)CC3)c2[N+](=O)[O-])c1. The van der Waals surface area contributed by atoms with Crippen molar-refractivity contribution in [3.63, 3.8) is 0 Å². The van der Waals surface area contributed by atoms with Gasteiger partial charge in [-0.05, 0) is 49.8 Å². The summed E-state index contributed by atoms with van der Waals surface area (Å²) >= 11 is 0. The van der Waals surface area contributed by atoms with Gasteiger partial charge in [0.05, 0.1) is 4.92 Å². The van der Waals surface area contributed by atoms with E-state index in [-0.39, 0.29) is 16.4 Å². The van der Waals surface area contributed by atoms with Crippen LogP contribution in [0, 0.1) is 29.9 Å². The van der Waals surface area contributed by atoms with Crippen LogP contribution in [0.4, 0.5) is 23.0 Å². The highest BCUT2D eigenvalue weighted by atomic mass is 16.6. The Balaban J connectivity index is 1.98. The Morgan fingerprint density at radius 2 is 1.96 bits per heavy atom. The Kier molecular flexibility index (Phi) is 4.83. The molecule has 1 aliphatic heterocycles. The van der Waals surface area contributed by atoms with E-state index in [1.54, 1.807) is 0 Å². The lowest BCUT2D eigenvalue weighted by Crippen LogP contribution is -2.34. The van der Waals surface area contributed by atoms with Crippen LogP contribution in [-0.4, -0.2) is 28.0 Å². The van der Waals surface area contributed by atoms with E-state index in [1.165, 1.54) is 6.33 Å². The highest BCUT2D eigenvalue weighted by Crippen LogP contribution is 2.35. The zero-order chi connectivity index (χ0) is 18.0. The van der Waals surface area contributed by atoms with Crippen LogP contribution in [0.1, 0.15) is 30.9 Å². The summed E-state index contributed by atoms with van der Waals surface area (Å²) in [6.07, 6.45) is 3.43. The Labute approximate surface area is 147 Å². The van der Waals surface area contributed by atoms with Gasteiger partial charge in [0, 0.05) is 18.8 Å². The van der Waals surface area contributed by atoms with Gasteiger partial charge in [0.25, 0.3) is 0 Å². The van der Waals surface area contributed by atoms with E-state index in [4.69, 9.17) is 0 Å². The van der Waals surface area contributed by atoms with Crippen LogP contribution in [0.5, 0.6) is 0 Å². The lowest BCUT2D eigenvalue weighted by molar-refractivity contribution is -0.383. The summed E-state index contributed by atoms with van der Waals surface area (Å²) in [5.41, 5.74) is 2.85. The Hall–Kier alpha value is -2.70. The van der Waals surface area contributed by atoms with E-state index in [0.29, 0.717) is 11.7 Å². The van der Waals surface area contributed by atoms with Gasteiger partial charge in [-0.15, -0.1) is 0 Å². The van der Waals surface area contributed by atoms with Crippen molar-refractivity contribution in [1.29, 1.82) is 0 Å². The van der Waals surface area contributed by atoms with E-state index in [9.17, 15) is 10.1 Å². The molecule has 1 fully saturated rings. The predicted molar refractivity (Wildman–Crippen MR) is 98.5 cm³/mol. The summed E-state index contributed by atoms with van der Waals surface area (Å²) in [6.45, 7) is 7.71. The third-order valence-electron chi connectivity index (χ3n) is 4.71. The van der Waals surface area contributed by atoms with Crippen molar-refractivity contribution in [2.45, 2.75) is 33.6 Å². The van der Waals surface area contributed by atoms with Crippen LogP contribution in [0.15, 0.2) is 24.5 Å². The third kappa shape index (κ3) is 3.70. The number of anilines is 3. The van der Waals surface area contributed by atoms with Gasteiger partial charge < -0.3 is 10.2 Å². The number of hydrogen-bond donors (Lipinski definition) is 1. The van der Waals surface area contributed by atoms with E-state index in [2.05, 4.69) is 22.2 Å². The van der Waals surface area contributed by atoms with E-state index >= 15 is 0 Å². The molecule has 1 saturated heterocycles. The molecule has 2 heterocycles. The molecule has 0 atom stereocenters. The van der Waals surface area contributed by atoms with Crippen molar-refractivity contribution in [3.8, 4) is 0 Å². The monoisotopic (exact) mass is 341 g/mol. The molecule has 0 aliphatic carbocycles. The van der Waals surface area contributed by atoms with Gasteiger partial charge in [-0.25, -0.2) is 9.97 Å². The van der Waals surface area contributed by atoms with Gasteiger partial charge in [0.2, 0.25) is 11.6 Å². The molecule has 1 aromatic carbocycles. The highest BCUT2D eigenvalue weighted by Gasteiger charge is 2.29. The molecule has 0 spiro atoms. The minimum Gasteiger partial charge on any atom is -0.351 e. The molecule has 7 nitrogen and oxygen atoms in total. The fourth-order valence-corrected chi connectivity index (χ4v) is 3.08. The molecule has 7 heteroatoms. The lowest BCUT2D eigenvalue weighted by atomic mass is 9.99. The Morgan fingerprint density at radius 1 is 1.24 bits per heavy atom. The molecule has 3 rings (SSSR count). The molecular formula is C18H23N5O2. The molecule has 0 amide bonds. The number of hydrogen-bond acceptors (Lipinski definition) is 6. The first kappa shape index (κ1) is 17.1. The number of nitro groups is 1. The van der Waals surface area contributed by atoms with Gasteiger partial charge in [-0.3, -0.25) is 10.1 Å². The smallest absolute Gasteiger partial charge is 0.351 e. The summed E-state index contributed by atoms with van der Waals surface area (Å²) < 4.78 is 0. The molecule has 25 heavy (non-hydrogen) atoms. The second-order valence-electron chi connectivity index (χ2n) is 6.76. The van der Waals surface area contributed by atoms with Crippen molar-refractivity contribution >= 4 is 23.0 Å². The first-order valence-electron chi connectivity index (χ1n) is 8.54. The molecule has 2 aromatic rings. The fourth-order valence-electron chi connectivity index (χ4n) is 3.08. The van der Waals surface area contributed by atoms with Crippen molar-refractivity contribution in [2.24, 2.45) is 5.92 Å². The zero-order valence-electron chi connectivity index (χ0n) is 14.8. The number of aryl methyl sites for hydroxylation is 2. The zero-order valence-corrected chi connectivity index (χ0v) is 14.8. The van der Waals surface area contributed by atoms with E-state index in [0.717, 1.165) is 42.7 Å². The molecular weight excluding hydrogens is 318 g/mol. The lowest BCUT2D eigenvalue weighted by Gasteiger charge is -2.30. The summed E-state index contributed by atoms with van der Waals surface area (Å²) in [5, 5.41) is 14.9. The number of rotatable bonds is 4. The standard InChI is InChI=1S/C18H23N5O2/c1-12-6-8-22(9-7-12)18-16(23(24)25)17(19-11-20-18)21-15-10-13(2)4-5-14(15)3/h4-5,10-12H,6-9H2,1-3H3,(H,19,20,21). The maximum atomic E-state index is 11.8. The summed E-state index contributed by atoms with van der Waals surface area (Å²) in [6, 6.07) is 5.95. The van der Waals surface area contributed by atoms with Crippen LogP contribution in [0.3, 0.4) is 0 Å². The second kappa shape index (κ2) is 7.04. The molecule has 0 bridgehead atoms. The fraction of sp³-hybridized carbons (Fsp3) is 0.444. The number of piperidine rings is 1. The van der Waals surface area contributed by atoms with Gasteiger partial charge in [-0.1, -0.05) is 19.1 Å². The van der Waals surface area contributed by atoms with Crippen LogP contribution in [0.25, 0.3) is 0 Å². The molecule has 0 saturated carbocycles. The third-order valence-corrected chi connectivity index (χ3v) is 4.71. The first-order chi connectivity index (χ1) is 12.0. The first-order valence-corrected chi connectivity index (χ1v) is 8.54. The van der Waals surface area contributed by atoms with Gasteiger partial charge in [0.15, 0.2) is 0 Å². The van der Waals surface area contributed by atoms with Crippen LogP contribution >= 0.6 is 0 Å². The largest absolute Gasteiger partial charge is 0.353 e. The molecule has 1 aromatic heterocycles. The van der Waals surface area contributed by atoms with Gasteiger partial charge in [0.1, 0.15) is 6.33 Å². The summed E-state index contributed by atoms with van der Waals surface area (Å²) in [5.74, 6) is 1.28.